The van der Waals surface area contributed by atoms with Crippen molar-refractivity contribution in [3.05, 3.63) is 48.0 Å². The first-order valence-corrected chi connectivity index (χ1v) is 11.8. The highest BCUT2D eigenvalue weighted by molar-refractivity contribution is 6.06. The Morgan fingerprint density at radius 3 is 2.46 bits per heavy atom. The van der Waals surface area contributed by atoms with Crippen LogP contribution in [0.2, 0.25) is 0 Å². The number of fused-ring (bicyclic) bond motifs is 4. The van der Waals surface area contributed by atoms with Crippen LogP contribution in [0.5, 0.6) is 0 Å². The van der Waals surface area contributed by atoms with Crippen molar-refractivity contribution < 1.29 is 37.8 Å². The number of cyclic esters (lactones) is 1. The molecule has 35 heavy (non-hydrogen) atoms. The standard InChI is InChI=1S/C27H30O8/c1-23(2)17-13-18(28)26(5)16(24(17,3)10-8-19(29)34-23)7-11-25(4,20(30)15-9-12-33-14-15)27(26)21(35-27)22(31)32-6/h8-10,12-14,16,21H,7,11H2,1-6H3/t16-,21-,24-,25+,26+,27-/m1/s1. The van der Waals surface area contributed by atoms with E-state index in [0.29, 0.717) is 24.0 Å². The number of Topliss-reactive ketones (excluding diaryl/α,β-unsaturated/α-hetero) is 1. The summed E-state index contributed by atoms with van der Waals surface area (Å²) in [5.41, 5.74) is -4.61. The summed E-state index contributed by atoms with van der Waals surface area (Å²) in [7, 11) is 1.26. The summed E-state index contributed by atoms with van der Waals surface area (Å²) in [6, 6.07) is 1.58. The molecule has 5 rings (SSSR count). The van der Waals surface area contributed by atoms with Crippen molar-refractivity contribution in [3.63, 3.8) is 0 Å². The maximum absolute atomic E-state index is 14.1. The highest BCUT2D eigenvalue weighted by Gasteiger charge is 2.85. The van der Waals surface area contributed by atoms with Gasteiger partial charge in [0, 0.05) is 11.5 Å². The third-order valence-corrected chi connectivity index (χ3v) is 9.20. The van der Waals surface area contributed by atoms with Crippen LogP contribution in [0.3, 0.4) is 0 Å². The molecule has 186 valence electrons. The third kappa shape index (κ3) is 2.71. The second-order valence-electron chi connectivity index (χ2n) is 11.2. The van der Waals surface area contributed by atoms with Gasteiger partial charge in [0.25, 0.3) is 0 Å². The van der Waals surface area contributed by atoms with Crippen LogP contribution in [0.15, 0.2) is 46.8 Å². The van der Waals surface area contributed by atoms with Crippen LogP contribution in [0, 0.1) is 22.2 Å². The van der Waals surface area contributed by atoms with Crippen LogP contribution in [0.1, 0.15) is 57.8 Å². The number of allylic oxidation sites excluding steroid dienone is 2. The average Bonchev–Trinajstić information content (AvgIpc) is 3.36. The molecule has 2 aliphatic carbocycles. The van der Waals surface area contributed by atoms with E-state index < -0.39 is 45.5 Å². The van der Waals surface area contributed by atoms with Crippen molar-refractivity contribution >= 4 is 23.5 Å². The zero-order chi connectivity index (χ0) is 25.6. The third-order valence-electron chi connectivity index (χ3n) is 9.20. The molecule has 2 aliphatic heterocycles. The Hall–Kier alpha value is -3.00. The van der Waals surface area contributed by atoms with E-state index in [1.54, 1.807) is 39.8 Å². The SMILES string of the molecule is COC(=O)[C@H]1O[C@@]12[C@](C)(C(=O)c1ccoc1)CC[C@@H]1[C@@]3(C)C=CC(=O)OC(C)(C)C3=CC(=O)[C@]12C. The van der Waals surface area contributed by atoms with Crippen LogP contribution < -0.4 is 0 Å². The van der Waals surface area contributed by atoms with E-state index in [1.807, 2.05) is 6.92 Å². The van der Waals surface area contributed by atoms with Gasteiger partial charge in [-0.25, -0.2) is 9.59 Å². The van der Waals surface area contributed by atoms with E-state index in [1.165, 1.54) is 31.8 Å². The number of ether oxygens (including phenoxy) is 3. The predicted molar refractivity (Wildman–Crippen MR) is 122 cm³/mol. The summed E-state index contributed by atoms with van der Waals surface area (Å²) in [5.74, 6) is -1.98. The highest BCUT2D eigenvalue weighted by atomic mass is 16.7. The zero-order valence-corrected chi connectivity index (χ0v) is 20.8. The number of rotatable bonds is 3. The van der Waals surface area contributed by atoms with Crippen molar-refractivity contribution in [1.82, 2.24) is 0 Å². The maximum Gasteiger partial charge on any atom is 0.338 e. The Labute approximate surface area is 203 Å². The maximum atomic E-state index is 14.1. The minimum Gasteiger partial charge on any atom is -0.472 e. The zero-order valence-electron chi connectivity index (χ0n) is 20.8. The van der Waals surface area contributed by atoms with Gasteiger partial charge in [-0.3, -0.25) is 9.59 Å². The van der Waals surface area contributed by atoms with Crippen molar-refractivity contribution in [2.45, 2.75) is 64.8 Å². The number of methoxy groups -OCH3 is 1. The monoisotopic (exact) mass is 482 g/mol. The minimum atomic E-state index is -1.43. The highest BCUT2D eigenvalue weighted by Crippen LogP contribution is 2.74. The minimum absolute atomic E-state index is 0.250. The van der Waals surface area contributed by atoms with Gasteiger partial charge in [0.15, 0.2) is 17.7 Å². The molecule has 1 spiro atoms. The van der Waals surface area contributed by atoms with Crippen molar-refractivity contribution in [3.8, 4) is 0 Å². The van der Waals surface area contributed by atoms with Crippen molar-refractivity contribution in [2.75, 3.05) is 7.11 Å². The molecule has 3 heterocycles. The van der Waals surface area contributed by atoms with Gasteiger partial charge in [-0.2, -0.15) is 0 Å². The van der Waals surface area contributed by atoms with Crippen LogP contribution in [0.4, 0.5) is 0 Å². The van der Waals surface area contributed by atoms with Gasteiger partial charge in [0.2, 0.25) is 0 Å². The van der Waals surface area contributed by atoms with Crippen molar-refractivity contribution in [2.24, 2.45) is 22.2 Å². The van der Waals surface area contributed by atoms with E-state index >= 15 is 0 Å². The number of furan rings is 1. The van der Waals surface area contributed by atoms with Gasteiger partial charge in [0.05, 0.1) is 29.8 Å². The van der Waals surface area contributed by atoms with E-state index in [4.69, 9.17) is 18.6 Å². The molecule has 0 amide bonds. The fourth-order valence-corrected chi connectivity index (χ4v) is 7.51. The second kappa shape index (κ2) is 7.03. The number of carbonyl (C=O) groups is 4. The smallest absolute Gasteiger partial charge is 0.338 e. The number of ketones is 2. The van der Waals surface area contributed by atoms with Gasteiger partial charge in [0.1, 0.15) is 17.5 Å². The predicted octanol–water partition coefficient (Wildman–Crippen LogP) is 3.60. The summed E-state index contributed by atoms with van der Waals surface area (Å²) in [6.45, 7) is 9.08. The van der Waals surface area contributed by atoms with Crippen molar-refractivity contribution in [1.29, 1.82) is 0 Å². The lowest BCUT2D eigenvalue weighted by atomic mass is 9.40. The number of hydrogen-bond acceptors (Lipinski definition) is 8. The summed E-state index contributed by atoms with van der Waals surface area (Å²) >= 11 is 0. The summed E-state index contributed by atoms with van der Waals surface area (Å²) in [6.07, 6.45) is 7.30. The van der Waals surface area contributed by atoms with Gasteiger partial charge in [-0.05, 0) is 64.2 Å². The van der Waals surface area contributed by atoms with Gasteiger partial charge in [-0.15, -0.1) is 0 Å². The number of carbonyl (C=O) groups excluding carboxylic acids is 4. The molecule has 4 aliphatic rings. The molecular formula is C27H30O8. The number of hydrogen-bond donors (Lipinski definition) is 0. The Balaban J connectivity index is 1.74. The Bertz CT molecular complexity index is 1210. The van der Waals surface area contributed by atoms with E-state index in [9.17, 15) is 19.2 Å². The molecule has 6 atom stereocenters. The normalized spacial score (nSPS) is 41.3. The van der Waals surface area contributed by atoms with Crippen LogP contribution in [0.25, 0.3) is 0 Å². The number of esters is 2. The fraction of sp³-hybridized carbons (Fsp3) is 0.556. The summed E-state index contributed by atoms with van der Waals surface area (Å²) in [4.78, 5) is 53.3. The number of epoxide rings is 1. The largest absolute Gasteiger partial charge is 0.472 e. The van der Waals surface area contributed by atoms with Gasteiger partial charge >= 0.3 is 11.9 Å². The molecule has 2 fully saturated rings. The second-order valence-corrected chi connectivity index (χ2v) is 11.2. The fourth-order valence-electron chi connectivity index (χ4n) is 7.51. The van der Waals surface area contributed by atoms with Crippen LogP contribution >= 0.6 is 0 Å². The van der Waals surface area contributed by atoms with Crippen LogP contribution in [-0.4, -0.2) is 47.9 Å². The lowest BCUT2D eigenvalue weighted by Crippen LogP contribution is -2.67. The molecule has 1 saturated carbocycles. The molecule has 0 aromatic carbocycles. The first kappa shape index (κ1) is 23.7. The van der Waals surface area contributed by atoms with E-state index in [2.05, 4.69) is 0 Å². The Kier molecular flexibility index (Phi) is 4.77. The first-order valence-electron chi connectivity index (χ1n) is 11.8. The van der Waals surface area contributed by atoms with Crippen LogP contribution in [-0.2, 0) is 28.6 Å². The van der Waals surface area contributed by atoms with E-state index in [0.717, 1.165) is 0 Å². The van der Waals surface area contributed by atoms with Gasteiger partial charge < -0.3 is 18.6 Å². The topological polar surface area (TPSA) is 112 Å². The van der Waals surface area contributed by atoms with Gasteiger partial charge in [-0.1, -0.05) is 13.0 Å². The molecule has 1 saturated heterocycles. The molecule has 0 N–H and O–H groups in total. The first-order chi connectivity index (χ1) is 16.3. The molecule has 1 aromatic rings. The quantitative estimate of drug-likeness (QED) is 0.365. The molecule has 0 radical (unpaired) electrons. The lowest BCUT2D eigenvalue weighted by Gasteiger charge is -2.60. The molecule has 8 nitrogen and oxygen atoms in total. The molecule has 1 aromatic heterocycles. The molecule has 8 heteroatoms. The summed E-state index contributed by atoms with van der Waals surface area (Å²) in [5, 5.41) is 0. The molecule has 0 bridgehead atoms. The Morgan fingerprint density at radius 1 is 1.11 bits per heavy atom. The lowest BCUT2D eigenvalue weighted by molar-refractivity contribution is -0.156. The average molecular weight is 483 g/mol. The van der Waals surface area contributed by atoms with E-state index in [-0.39, 0.29) is 17.5 Å². The Morgan fingerprint density at radius 2 is 1.83 bits per heavy atom. The molecular weight excluding hydrogens is 452 g/mol. The summed E-state index contributed by atoms with van der Waals surface area (Å²) < 4.78 is 22.0. The molecule has 0 unspecified atom stereocenters.